The third kappa shape index (κ3) is 5.31. The molecule has 1 unspecified atom stereocenters. The van der Waals surface area contributed by atoms with E-state index in [2.05, 4.69) is 16.0 Å². The van der Waals surface area contributed by atoms with Gasteiger partial charge in [-0.15, -0.1) is 0 Å². The Labute approximate surface area is 232 Å². The summed E-state index contributed by atoms with van der Waals surface area (Å²) in [5.41, 5.74) is 6.92. The predicted molar refractivity (Wildman–Crippen MR) is 147 cm³/mol. The van der Waals surface area contributed by atoms with Gasteiger partial charge in [-0.3, -0.25) is 10.4 Å². The second-order valence-corrected chi connectivity index (χ2v) is 11.3. The van der Waals surface area contributed by atoms with Gasteiger partial charge in [0.05, 0.1) is 37.8 Å². The number of pyridine rings is 2. The van der Waals surface area contributed by atoms with E-state index in [1.807, 2.05) is 11.8 Å². The van der Waals surface area contributed by atoms with Gasteiger partial charge in [-0.25, -0.2) is 17.9 Å². The van der Waals surface area contributed by atoms with Gasteiger partial charge in [0.1, 0.15) is 18.5 Å². The van der Waals surface area contributed by atoms with Crippen LogP contribution in [0.25, 0.3) is 0 Å². The molecule has 2 aromatic heterocycles. The summed E-state index contributed by atoms with van der Waals surface area (Å²) < 4.78 is 33.9. The highest BCUT2D eigenvalue weighted by Gasteiger charge is 2.44. The highest BCUT2D eigenvalue weighted by Crippen LogP contribution is 2.34. The minimum Gasteiger partial charge on any atom is -0.486 e. The van der Waals surface area contributed by atoms with Gasteiger partial charge in [-0.1, -0.05) is 23.2 Å². The molecule has 1 atom stereocenters. The summed E-state index contributed by atoms with van der Waals surface area (Å²) in [6.07, 6.45) is 5.89. The summed E-state index contributed by atoms with van der Waals surface area (Å²) in [5.74, 6) is -0.394. The fourth-order valence-electron chi connectivity index (χ4n) is 4.14. The van der Waals surface area contributed by atoms with Crippen molar-refractivity contribution >= 4 is 51.4 Å². The van der Waals surface area contributed by atoms with Gasteiger partial charge >= 0.3 is 0 Å². The molecule has 4 rings (SSSR count). The quantitative estimate of drug-likeness (QED) is 0.304. The number of nitriles is 1. The Balaban J connectivity index is 1.57. The first-order valence-corrected chi connectivity index (χ1v) is 13.5. The number of benzene rings is 1. The molecule has 38 heavy (non-hydrogen) atoms. The Morgan fingerprint density at radius 3 is 2.58 bits per heavy atom. The van der Waals surface area contributed by atoms with Crippen LogP contribution in [0.5, 0.6) is 5.75 Å². The van der Waals surface area contributed by atoms with Crippen LogP contribution in [-0.4, -0.2) is 56.1 Å². The molecule has 0 radical (unpaired) electrons. The monoisotopic (exact) mass is 575 g/mol. The molecule has 13 heteroatoms. The Morgan fingerprint density at radius 2 is 1.97 bits per heavy atom. The molecule has 1 aliphatic rings. The average Bonchev–Trinajstić information content (AvgIpc) is 2.86. The van der Waals surface area contributed by atoms with Crippen LogP contribution in [0.1, 0.15) is 29.2 Å². The molecule has 0 aliphatic carbocycles. The van der Waals surface area contributed by atoms with E-state index in [4.69, 9.17) is 39.1 Å². The van der Waals surface area contributed by atoms with E-state index in [1.165, 1.54) is 24.7 Å². The van der Waals surface area contributed by atoms with Gasteiger partial charge in [-0.2, -0.15) is 5.26 Å². The lowest BCUT2D eigenvalue weighted by atomic mass is 9.91. The van der Waals surface area contributed by atoms with Crippen molar-refractivity contribution in [3.8, 4) is 11.8 Å². The lowest BCUT2D eigenvalue weighted by molar-refractivity contribution is 0.197. The van der Waals surface area contributed by atoms with E-state index in [1.54, 1.807) is 23.7 Å². The van der Waals surface area contributed by atoms with Crippen molar-refractivity contribution < 1.29 is 13.3 Å². The van der Waals surface area contributed by atoms with Crippen LogP contribution < -0.4 is 15.4 Å². The van der Waals surface area contributed by atoms with Crippen molar-refractivity contribution in [1.82, 2.24) is 14.3 Å². The third-order valence-electron chi connectivity index (χ3n) is 6.48. The number of hydrogen-bond acceptors (Lipinski definition) is 8. The molecule has 3 N–H and O–H groups in total. The van der Waals surface area contributed by atoms with Crippen molar-refractivity contribution in [2.45, 2.75) is 19.1 Å². The van der Waals surface area contributed by atoms with Crippen LogP contribution in [0.3, 0.4) is 0 Å². The maximum absolute atomic E-state index is 14.6. The largest absolute Gasteiger partial charge is 0.486 e. The fourth-order valence-corrected chi connectivity index (χ4v) is 5.35. The zero-order chi connectivity index (χ0) is 27.8. The second kappa shape index (κ2) is 10.8. The van der Waals surface area contributed by atoms with E-state index >= 15 is 0 Å². The van der Waals surface area contributed by atoms with E-state index in [0.29, 0.717) is 30.0 Å². The molecule has 0 bridgehead atoms. The lowest BCUT2D eigenvalue weighted by Crippen LogP contribution is -2.68. The van der Waals surface area contributed by atoms with E-state index in [0.717, 1.165) is 6.07 Å². The zero-order valence-electron chi connectivity index (χ0n) is 20.8. The average molecular weight is 576 g/mol. The van der Waals surface area contributed by atoms with Gasteiger partial charge in [0.15, 0.2) is 11.6 Å². The van der Waals surface area contributed by atoms with Crippen LogP contribution >= 0.6 is 23.2 Å². The fraction of sp³-hybridized carbons (Fsp3) is 0.280. The van der Waals surface area contributed by atoms with Crippen molar-refractivity contribution in [3.05, 3.63) is 74.9 Å². The smallest absolute Gasteiger partial charge is 0.167 e. The summed E-state index contributed by atoms with van der Waals surface area (Å²) in [4.78, 5) is 10.2. The van der Waals surface area contributed by atoms with Crippen LogP contribution in [0, 0.1) is 22.6 Å². The summed E-state index contributed by atoms with van der Waals surface area (Å²) in [5, 5.41) is 19.0. The van der Waals surface area contributed by atoms with Crippen molar-refractivity contribution in [1.29, 1.82) is 10.7 Å². The zero-order valence-corrected chi connectivity index (χ0v) is 23.1. The number of nitrogen functional groups attached to an aromatic ring is 1. The minimum atomic E-state index is -1.13. The predicted octanol–water partition coefficient (Wildman–Crippen LogP) is 4.18. The van der Waals surface area contributed by atoms with Crippen LogP contribution in [0.2, 0.25) is 10.0 Å². The molecule has 198 valence electrons. The second-order valence-electron chi connectivity index (χ2n) is 9.10. The van der Waals surface area contributed by atoms with E-state index in [9.17, 15) is 13.9 Å². The number of rotatable bonds is 8. The number of anilines is 2. The van der Waals surface area contributed by atoms with Gasteiger partial charge in [0.25, 0.3) is 0 Å². The summed E-state index contributed by atoms with van der Waals surface area (Å²) in [6, 6.07) is 6.06. The van der Waals surface area contributed by atoms with Crippen LogP contribution in [0.15, 0.2) is 36.8 Å². The first kappa shape index (κ1) is 27.7. The molecule has 1 aromatic carbocycles. The van der Waals surface area contributed by atoms with E-state index < -0.39 is 16.8 Å². The molecule has 9 nitrogen and oxygen atoms in total. The number of hydrogen-bond donors (Lipinski definition) is 2. The van der Waals surface area contributed by atoms with Gasteiger partial charge in [0, 0.05) is 73.4 Å². The SMILES string of the molecule is CN(S(C)=O)C1(C)CN(c2ncc(C(=N)c3cc(OCc4c(Cl)cncc4Cl)c(F)cc3N)cc2C#N)C1. The van der Waals surface area contributed by atoms with Crippen LogP contribution in [-0.2, 0) is 17.6 Å². The van der Waals surface area contributed by atoms with Crippen molar-refractivity contribution in [2.24, 2.45) is 0 Å². The molecule has 3 heterocycles. The van der Waals surface area contributed by atoms with Gasteiger partial charge < -0.3 is 15.4 Å². The lowest BCUT2D eigenvalue weighted by Gasteiger charge is -2.52. The Morgan fingerprint density at radius 1 is 1.32 bits per heavy atom. The van der Waals surface area contributed by atoms with Gasteiger partial charge in [0.2, 0.25) is 0 Å². The van der Waals surface area contributed by atoms with Crippen LogP contribution in [0.4, 0.5) is 15.9 Å². The number of nitrogens with one attached hydrogen (secondary N) is 1. The molecule has 0 saturated carbocycles. The highest BCUT2D eigenvalue weighted by molar-refractivity contribution is 7.81. The Kier molecular flexibility index (Phi) is 7.90. The minimum absolute atomic E-state index is 0.0246. The number of nitrogens with zero attached hydrogens (tertiary/aromatic N) is 5. The maximum Gasteiger partial charge on any atom is 0.167 e. The first-order chi connectivity index (χ1) is 17.9. The number of ether oxygens (including phenoxy) is 1. The molecular weight excluding hydrogens is 552 g/mol. The number of nitrogens with two attached hydrogens (primary N) is 1. The van der Waals surface area contributed by atoms with Gasteiger partial charge in [-0.05, 0) is 19.1 Å². The normalized spacial score (nSPS) is 15.1. The maximum atomic E-state index is 14.6. The summed E-state index contributed by atoms with van der Waals surface area (Å²) in [7, 11) is 0.663. The molecule has 0 spiro atoms. The molecule has 0 amide bonds. The third-order valence-corrected chi connectivity index (χ3v) is 8.35. The summed E-state index contributed by atoms with van der Waals surface area (Å²) >= 11 is 12.2. The number of halogens is 3. The topological polar surface area (TPSA) is 132 Å². The van der Waals surface area contributed by atoms with E-state index in [-0.39, 0.29) is 50.5 Å². The standard InChI is InChI=1S/C25H24Cl2FN7O2S/c1-25(34(2)38(3)36)12-35(13-25)24-14(7-29)4-15(8-33-24)23(31)16-5-22(20(28)6-21(16)30)37-11-17-18(26)9-32-10-19(17)27/h4-6,8-10,31H,11-13,30H2,1-3H3. The molecule has 1 saturated heterocycles. The van der Waals surface area contributed by atoms with Crippen molar-refractivity contribution in [3.63, 3.8) is 0 Å². The molecule has 1 fully saturated rings. The number of aromatic nitrogens is 2. The Hall–Kier alpha value is -3.30. The Bertz CT molecular complexity index is 1470. The molecule has 1 aliphatic heterocycles. The molecule has 3 aromatic rings. The first-order valence-electron chi connectivity index (χ1n) is 11.3. The number of likely N-dealkylation sites (N-methyl/N-ethyl adjacent to an activating group) is 1. The summed E-state index contributed by atoms with van der Waals surface area (Å²) in [6.45, 7) is 2.95. The van der Waals surface area contributed by atoms with Crippen molar-refractivity contribution in [2.75, 3.05) is 37.0 Å². The highest BCUT2D eigenvalue weighted by atomic mass is 35.5. The molecular formula is C25H24Cl2FN7O2S.